The highest BCUT2D eigenvalue weighted by Crippen LogP contribution is 2.18. The van der Waals surface area contributed by atoms with E-state index >= 15 is 0 Å². The van der Waals surface area contributed by atoms with Gasteiger partial charge in [0.15, 0.2) is 0 Å². The van der Waals surface area contributed by atoms with E-state index in [2.05, 4.69) is 18.2 Å². The van der Waals surface area contributed by atoms with Crippen LogP contribution in [0, 0.1) is 5.92 Å². The molecule has 1 aliphatic heterocycles. The lowest BCUT2D eigenvalue weighted by Crippen LogP contribution is -2.23. The number of aryl methyl sites for hydroxylation is 1. The third-order valence-corrected chi connectivity index (χ3v) is 3.31. The van der Waals surface area contributed by atoms with Crippen molar-refractivity contribution in [1.82, 2.24) is 0 Å². The summed E-state index contributed by atoms with van der Waals surface area (Å²) in [7, 11) is 0. The van der Waals surface area contributed by atoms with E-state index in [1.54, 1.807) is 0 Å². The van der Waals surface area contributed by atoms with Gasteiger partial charge in [0.05, 0.1) is 13.2 Å². The first kappa shape index (κ1) is 13.4. The number of nitrogens with two attached hydrogens (primary N) is 1. The molecule has 1 heterocycles. The molecule has 100 valence electrons. The molecule has 0 bridgehead atoms. The van der Waals surface area contributed by atoms with E-state index < -0.39 is 0 Å². The number of hydrogen-bond donors (Lipinski definition) is 1. The van der Waals surface area contributed by atoms with E-state index in [0.717, 1.165) is 51.4 Å². The third kappa shape index (κ3) is 4.31. The van der Waals surface area contributed by atoms with Crippen molar-refractivity contribution in [2.45, 2.75) is 25.7 Å². The molecule has 1 saturated heterocycles. The highest BCUT2D eigenvalue weighted by Gasteiger charge is 2.14. The summed E-state index contributed by atoms with van der Waals surface area (Å²) in [5.74, 6) is 1.52. The fraction of sp³-hybridized carbons (Fsp3) is 0.600. The van der Waals surface area contributed by atoms with Gasteiger partial charge in [0.1, 0.15) is 5.75 Å². The molecule has 1 aromatic rings. The molecule has 2 N–H and O–H groups in total. The quantitative estimate of drug-likeness (QED) is 0.842. The zero-order chi connectivity index (χ0) is 12.6. The molecule has 0 spiro atoms. The SMILES string of the molecule is NCCCc1cccc(OCC2CCCOC2)c1. The minimum atomic E-state index is 0.548. The predicted molar refractivity (Wildman–Crippen MR) is 72.9 cm³/mol. The maximum Gasteiger partial charge on any atom is 0.119 e. The van der Waals surface area contributed by atoms with Gasteiger partial charge in [-0.05, 0) is 49.9 Å². The zero-order valence-corrected chi connectivity index (χ0v) is 10.9. The van der Waals surface area contributed by atoms with E-state index in [4.69, 9.17) is 15.2 Å². The second kappa shape index (κ2) is 7.39. The van der Waals surface area contributed by atoms with Crippen LogP contribution in [0.25, 0.3) is 0 Å². The average molecular weight is 249 g/mol. The third-order valence-electron chi connectivity index (χ3n) is 3.31. The molecule has 1 aliphatic rings. The number of benzene rings is 1. The fourth-order valence-corrected chi connectivity index (χ4v) is 2.25. The second-order valence-electron chi connectivity index (χ2n) is 4.93. The maximum atomic E-state index is 5.85. The van der Waals surface area contributed by atoms with Crippen LogP contribution in [0.4, 0.5) is 0 Å². The minimum Gasteiger partial charge on any atom is -0.493 e. The molecule has 0 radical (unpaired) electrons. The molecule has 1 atom stereocenters. The molecular weight excluding hydrogens is 226 g/mol. The summed E-state index contributed by atoms with van der Waals surface area (Å²) < 4.78 is 11.3. The standard InChI is InChI=1S/C15H23NO2/c16-8-2-5-13-4-1-7-15(10-13)18-12-14-6-3-9-17-11-14/h1,4,7,10,14H,2-3,5-6,8-9,11-12,16H2. The molecule has 0 aliphatic carbocycles. The lowest BCUT2D eigenvalue weighted by Gasteiger charge is -2.22. The molecule has 3 heteroatoms. The topological polar surface area (TPSA) is 44.5 Å². The number of ether oxygens (including phenoxy) is 2. The predicted octanol–water partition coefficient (Wildman–Crippen LogP) is 2.38. The molecule has 1 unspecified atom stereocenters. The smallest absolute Gasteiger partial charge is 0.119 e. The Hall–Kier alpha value is -1.06. The van der Waals surface area contributed by atoms with Crippen molar-refractivity contribution in [1.29, 1.82) is 0 Å². The van der Waals surface area contributed by atoms with E-state index in [1.165, 1.54) is 12.0 Å². The number of rotatable bonds is 6. The van der Waals surface area contributed by atoms with Gasteiger partial charge in [0, 0.05) is 12.5 Å². The van der Waals surface area contributed by atoms with Crippen molar-refractivity contribution in [3.63, 3.8) is 0 Å². The largest absolute Gasteiger partial charge is 0.493 e. The second-order valence-corrected chi connectivity index (χ2v) is 4.93. The Bertz CT molecular complexity index is 348. The van der Waals surface area contributed by atoms with E-state index in [-0.39, 0.29) is 0 Å². The van der Waals surface area contributed by atoms with E-state index in [0.29, 0.717) is 5.92 Å². The minimum absolute atomic E-state index is 0.548. The molecule has 18 heavy (non-hydrogen) atoms. The first-order valence-corrected chi connectivity index (χ1v) is 6.88. The average Bonchev–Trinajstić information content (AvgIpc) is 2.44. The summed E-state index contributed by atoms with van der Waals surface area (Å²) in [5, 5.41) is 0. The monoisotopic (exact) mass is 249 g/mol. The molecule has 2 rings (SSSR count). The van der Waals surface area contributed by atoms with Crippen molar-refractivity contribution in [3.05, 3.63) is 29.8 Å². The van der Waals surface area contributed by atoms with Gasteiger partial charge >= 0.3 is 0 Å². The van der Waals surface area contributed by atoms with Gasteiger partial charge < -0.3 is 15.2 Å². The Labute approximate surface area is 109 Å². The van der Waals surface area contributed by atoms with Crippen LogP contribution in [-0.4, -0.2) is 26.4 Å². The summed E-state index contributed by atoms with van der Waals surface area (Å²) in [4.78, 5) is 0. The van der Waals surface area contributed by atoms with Crippen LogP contribution in [0.1, 0.15) is 24.8 Å². The lowest BCUT2D eigenvalue weighted by atomic mass is 10.0. The summed E-state index contributed by atoms with van der Waals surface area (Å²) in [6.45, 7) is 3.25. The summed E-state index contributed by atoms with van der Waals surface area (Å²) in [6.07, 6.45) is 4.43. The van der Waals surface area contributed by atoms with Gasteiger partial charge in [-0.1, -0.05) is 12.1 Å². The van der Waals surface area contributed by atoms with Gasteiger partial charge in [-0.2, -0.15) is 0 Å². The van der Waals surface area contributed by atoms with Crippen LogP contribution in [0.2, 0.25) is 0 Å². The molecule has 0 aromatic heterocycles. The molecule has 0 amide bonds. The molecule has 0 saturated carbocycles. The Kier molecular flexibility index (Phi) is 5.49. The van der Waals surface area contributed by atoms with Gasteiger partial charge in [-0.3, -0.25) is 0 Å². The highest BCUT2D eigenvalue weighted by molar-refractivity contribution is 5.28. The van der Waals surface area contributed by atoms with Gasteiger partial charge in [0.2, 0.25) is 0 Å². The highest BCUT2D eigenvalue weighted by atomic mass is 16.5. The Morgan fingerprint density at radius 2 is 2.33 bits per heavy atom. The summed E-state index contributed by atoms with van der Waals surface area (Å²) in [5.41, 5.74) is 6.83. The first-order chi connectivity index (χ1) is 8.88. The lowest BCUT2D eigenvalue weighted by molar-refractivity contribution is 0.0352. The molecule has 1 aromatic carbocycles. The van der Waals surface area contributed by atoms with Crippen LogP contribution in [0.15, 0.2) is 24.3 Å². The Balaban J connectivity index is 1.80. The van der Waals surface area contributed by atoms with E-state index in [9.17, 15) is 0 Å². The van der Waals surface area contributed by atoms with Crippen LogP contribution in [0.5, 0.6) is 5.75 Å². The Morgan fingerprint density at radius 1 is 1.39 bits per heavy atom. The van der Waals surface area contributed by atoms with Crippen molar-refractivity contribution in [2.24, 2.45) is 11.7 Å². The van der Waals surface area contributed by atoms with Crippen LogP contribution >= 0.6 is 0 Å². The Morgan fingerprint density at radius 3 is 3.11 bits per heavy atom. The van der Waals surface area contributed by atoms with Crippen molar-refractivity contribution < 1.29 is 9.47 Å². The summed E-state index contributed by atoms with van der Waals surface area (Å²) >= 11 is 0. The van der Waals surface area contributed by atoms with E-state index in [1.807, 2.05) is 6.07 Å². The zero-order valence-electron chi connectivity index (χ0n) is 10.9. The van der Waals surface area contributed by atoms with Crippen LogP contribution < -0.4 is 10.5 Å². The fourth-order valence-electron chi connectivity index (χ4n) is 2.25. The summed E-state index contributed by atoms with van der Waals surface area (Å²) in [6, 6.07) is 8.33. The van der Waals surface area contributed by atoms with Gasteiger partial charge in [-0.25, -0.2) is 0 Å². The van der Waals surface area contributed by atoms with Crippen molar-refractivity contribution >= 4 is 0 Å². The van der Waals surface area contributed by atoms with Gasteiger partial charge in [0.25, 0.3) is 0 Å². The first-order valence-electron chi connectivity index (χ1n) is 6.88. The molecule has 3 nitrogen and oxygen atoms in total. The van der Waals surface area contributed by atoms with Crippen molar-refractivity contribution in [3.8, 4) is 5.75 Å². The number of hydrogen-bond acceptors (Lipinski definition) is 3. The van der Waals surface area contributed by atoms with Crippen molar-refractivity contribution in [2.75, 3.05) is 26.4 Å². The van der Waals surface area contributed by atoms with Gasteiger partial charge in [-0.15, -0.1) is 0 Å². The molecular formula is C15H23NO2. The normalized spacial score (nSPS) is 19.7. The van der Waals surface area contributed by atoms with Crippen LogP contribution in [-0.2, 0) is 11.2 Å². The maximum absolute atomic E-state index is 5.85. The molecule has 1 fully saturated rings. The van der Waals surface area contributed by atoms with Crippen LogP contribution in [0.3, 0.4) is 0 Å².